The van der Waals surface area contributed by atoms with E-state index in [1.807, 2.05) is 42.5 Å². The van der Waals surface area contributed by atoms with Crippen molar-refractivity contribution < 1.29 is 19.4 Å². The zero-order valence-electron chi connectivity index (χ0n) is 22.8. The lowest BCUT2D eigenvalue weighted by atomic mass is 9.59. The fourth-order valence-electron chi connectivity index (χ4n) is 6.80. The summed E-state index contributed by atoms with van der Waals surface area (Å²) in [6.45, 7) is 2.82. The van der Waals surface area contributed by atoms with Crippen LogP contribution in [0.25, 0.3) is 0 Å². The van der Waals surface area contributed by atoms with E-state index < -0.39 is 5.54 Å². The fourth-order valence-corrected chi connectivity index (χ4v) is 6.99. The summed E-state index contributed by atoms with van der Waals surface area (Å²) in [7, 11) is 1.46. The Morgan fingerprint density at radius 2 is 1.82 bits per heavy atom. The smallest absolute Gasteiger partial charge is 0.331 e. The van der Waals surface area contributed by atoms with Crippen LogP contribution >= 0.6 is 11.6 Å². The number of fused-ring (bicyclic) bond motifs is 2. The van der Waals surface area contributed by atoms with Crippen LogP contribution in [-0.2, 0) is 28.0 Å². The highest BCUT2D eigenvalue weighted by molar-refractivity contribution is 6.30. The Morgan fingerprint density at radius 3 is 2.51 bits per heavy atom. The summed E-state index contributed by atoms with van der Waals surface area (Å²) in [6, 6.07) is 24.2. The maximum atomic E-state index is 13.2. The minimum absolute atomic E-state index is 0.0849. The van der Waals surface area contributed by atoms with Gasteiger partial charge in [-0.25, -0.2) is 4.79 Å². The summed E-state index contributed by atoms with van der Waals surface area (Å²) in [5.41, 5.74) is 3.74. The van der Waals surface area contributed by atoms with Crippen molar-refractivity contribution in [3.05, 3.63) is 94.5 Å². The van der Waals surface area contributed by atoms with Crippen LogP contribution in [0.5, 0.6) is 5.75 Å². The van der Waals surface area contributed by atoms with Gasteiger partial charge in [-0.05, 0) is 103 Å². The average molecular weight is 548 g/mol. The van der Waals surface area contributed by atoms with E-state index >= 15 is 0 Å². The molecule has 1 fully saturated rings. The van der Waals surface area contributed by atoms with Crippen LogP contribution in [0.2, 0.25) is 5.02 Å². The molecule has 2 atom stereocenters. The van der Waals surface area contributed by atoms with E-state index in [0.717, 1.165) is 42.7 Å². The molecule has 2 N–H and O–H groups in total. The van der Waals surface area contributed by atoms with Crippen LogP contribution in [-0.4, -0.2) is 30.3 Å². The highest BCUT2D eigenvalue weighted by Gasteiger charge is 2.54. The Hall–Kier alpha value is -3.02. The Kier molecular flexibility index (Phi) is 8.20. The van der Waals surface area contributed by atoms with Crippen molar-refractivity contribution in [2.75, 3.05) is 19.0 Å². The van der Waals surface area contributed by atoms with E-state index in [1.165, 1.54) is 18.2 Å². The molecule has 3 aromatic carbocycles. The molecule has 0 aliphatic heterocycles. The second-order valence-corrected chi connectivity index (χ2v) is 11.8. The molecule has 5 rings (SSSR count). The van der Waals surface area contributed by atoms with Gasteiger partial charge >= 0.3 is 5.97 Å². The van der Waals surface area contributed by atoms with Gasteiger partial charge < -0.3 is 19.9 Å². The van der Waals surface area contributed by atoms with E-state index in [1.54, 1.807) is 0 Å². The predicted octanol–water partition coefficient (Wildman–Crippen LogP) is 6.95. The summed E-state index contributed by atoms with van der Waals surface area (Å²) in [5, 5.41) is 14.0. The summed E-state index contributed by atoms with van der Waals surface area (Å²) < 4.78 is 11.6. The zero-order valence-corrected chi connectivity index (χ0v) is 23.5. The lowest BCUT2D eigenvalue weighted by molar-refractivity contribution is -0.148. The van der Waals surface area contributed by atoms with Crippen LogP contribution in [0.1, 0.15) is 55.7 Å². The van der Waals surface area contributed by atoms with Crippen LogP contribution in [0.3, 0.4) is 0 Å². The number of carbonyl (C=O) groups is 1. The number of methoxy groups -OCH3 is 1. The van der Waals surface area contributed by atoms with Crippen LogP contribution in [0.15, 0.2) is 72.8 Å². The number of carbonyl (C=O) groups excluding carboxylic acids is 1. The van der Waals surface area contributed by atoms with Gasteiger partial charge in [0, 0.05) is 17.3 Å². The fraction of sp³-hybridized carbons (Fsp3) is 0.424. The highest BCUT2D eigenvalue weighted by atomic mass is 35.5. The van der Waals surface area contributed by atoms with Gasteiger partial charge in [0.2, 0.25) is 0 Å². The van der Waals surface area contributed by atoms with Crippen molar-refractivity contribution in [1.82, 2.24) is 0 Å². The SMILES string of the molecule is COC(=O)C1(Nc2cccc(Cl)c2)CCC2(CC1)c1cc(OCc3ccccc3)ccc1CC2C[C@@H](C)CO. The molecule has 0 radical (unpaired) electrons. The van der Waals surface area contributed by atoms with Crippen LogP contribution < -0.4 is 10.1 Å². The van der Waals surface area contributed by atoms with E-state index in [2.05, 4.69) is 42.6 Å². The van der Waals surface area contributed by atoms with Gasteiger partial charge in [0.15, 0.2) is 0 Å². The Bertz CT molecular complexity index is 1290. The van der Waals surface area contributed by atoms with E-state index in [4.69, 9.17) is 21.1 Å². The molecule has 1 saturated carbocycles. The van der Waals surface area contributed by atoms with Gasteiger partial charge in [0.1, 0.15) is 17.9 Å². The molecule has 39 heavy (non-hydrogen) atoms. The van der Waals surface area contributed by atoms with Crippen molar-refractivity contribution in [2.24, 2.45) is 11.8 Å². The number of nitrogens with one attached hydrogen (secondary N) is 1. The number of aliphatic hydroxyl groups excluding tert-OH is 1. The first kappa shape index (κ1) is 27.5. The lowest BCUT2D eigenvalue weighted by Crippen LogP contribution is -2.53. The number of halogens is 1. The second kappa shape index (κ2) is 11.6. The van der Waals surface area contributed by atoms with Gasteiger partial charge in [0.05, 0.1) is 7.11 Å². The normalized spacial score (nSPS) is 24.7. The number of benzene rings is 3. The molecule has 0 amide bonds. The minimum Gasteiger partial charge on any atom is -0.489 e. The molecule has 0 heterocycles. The second-order valence-electron chi connectivity index (χ2n) is 11.4. The van der Waals surface area contributed by atoms with Crippen molar-refractivity contribution >= 4 is 23.3 Å². The molecule has 3 aromatic rings. The van der Waals surface area contributed by atoms with E-state index in [-0.39, 0.29) is 23.9 Å². The molecule has 206 valence electrons. The van der Waals surface area contributed by atoms with Gasteiger partial charge in [-0.2, -0.15) is 0 Å². The van der Waals surface area contributed by atoms with E-state index in [0.29, 0.717) is 30.4 Å². The maximum Gasteiger partial charge on any atom is 0.331 e. The monoisotopic (exact) mass is 547 g/mol. The third kappa shape index (κ3) is 5.66. The molecule has 2 aliphatic carbocycles. The molecule has 0 aromatic heterocycles. The molecule has 0 saturated heterocycles. The third-order valence-corrected chi connectivity index (χ3v) is 9.13. The quantitative estimate of drug-likeness (QED) is 0.284. The number of hydrogen-bond donors (Lipinski definition) is 2. The van der Waals surface area contributed by atoms with Crippen molar-refractivity contribution in [1.29, 1.82) is 0 Å². The number of hydrogen-bond acceptors (Lipinski definition) is 5. The minimum atomic E-state index is -0.817. The summed E-state index contributed by atoms with van der Waals surface area (Å²) in [5.74, 6) is 1.23. The lowest BCUT2D eigenvalue weighted by Gasteiger charge is -2.47. The highest BCUT2D eigenvalue weighted by Crippen LogP contribution is 2.56. The molecule has 0 bridgehead atoms. The number of esters is 1. The zero-order chi connectivity index (χ0) is 27.5. The first-order valence-corrected chi connectivity index (χ1v) is 14.3. The summed E-state index contributed by atoms with van der Waals surface area (Å²) in [4.78, 5) is 13.2. The Morgan fingerprint density at radius 1 is 1.05 bits per heavy atom. The molecular formula is C33H38ClNO4. The Labute approximate surface area is 236 Å². The van der Waals surface area contributed by atoms with Crippen molar-refractivity contribution in [2.45, 2.75) is 63.0 Å². The van der Waals surface area contributed by atoms with Crippen LogP contribution in [0.4, 0.5) is 5.69 Å². The summed E-state index contributed by atoms with van der Waals surface area (Å²) in [6.07, 6.45) is 4.89. The molecule has 6 heteroatoms. The van der Waals surface area contributed by atoms with Gasteiger partial charge in [0.25, 0.3) is 0 Å². The average Bonchev–Trinajstić information content (AvgIpc) is 3.25. The number of anilines is 1. The maximum absolute atomic E-state index is 13.2. The number of ether oxygens (including phenoxy) is 2. The van der Waals surface area contributed by atoms with Gasteiger partial charge in [-0.15, -0.1) is 0 Å². The first-order chi connectivity index (χ1) is 18.9. The standard InChI is InChI=1S/C33H38ClNO4/c1-23(21-36)17-26-18-25-11-12-29(39-22-24-7-4-3-5-8-24)20-30(25)32(26)13-15-33(16-14-32,31(37)38-2)35-28-10-6-9-27(34)19-28/h3-12,19-20,23,26,35-36H,13-18,21-22H2,1-2H3/t23-,26?,32?,33?/m1/s1. The largest absolute Gasteiger partial charge is 0.489 e. The topological polar surface area (TPSA) is 67.8 Å². The molecule has 1 unspecified atom stereocenters. The number of rotatable bonds is 9. The van der Waals surface area contributed by atoms with Crippen molar-refractivity contribution in [3.63, 3.8) is 0 Å². The van der Waals surface area contributed by atoms with E-state index in [9.17, 15) is 9.90 Å². The third-order valence-electron chi connectivity index (χ3n) is 8.89. The summed E-state index contributed by atoms with van der Waals surface area (Å²) >= 11 is 6.25. The molecule has 1 spiro atoms. The number of aliphatic hydroxyl groups is 1. The van der Waals surface area contributed by atoms with Gasteiger partial charge in [-0.3, -0.25) is 0 Å². The molecule has 5 nitrogen and oxygen atoms in total. The van der Waals surface area contributed by atoms with Crippen LogP contribution in [0, 0.1) is 11.8 Å². The molecular weight excluding hydrogens is 510 g/mol. The van der Waals surface area contributed by atoms with Gasteiger partial charge in [-0.1, -0.05) is 61.0 Å². The van der Waals surface area contributed by atoms with Crippen molar-refractivity contribution in [3.8, 4) is 5.75 Å². The first-order valence-electron chi connectivity index (χ1n) is 13.9. The Balaban J connectivity index is 1.44. The molecule has 2 aliphatic rings. The predicted molar refractivity (Wildman–Crippen MR) is 155 cm³/mol.